The van der Waals surface area contributed by atoms with Gasteiger partial charge in [-0.3, -0.25) is 0 Å². The predicted molar refractivity (Wildman–Crippen MR) is 95.6 cm³/mol. The van der Waals surface area contributed by atoms with Gasteiger partial charge in [-0.05, 0) is 0 Å². The fourth-order valence-electron chi connectivity index (χ4n) is 4.41. The standard InChI is InChI=1S/C23H21.Ni/c1-4-11-19(12-5-1)22-17-10-18-23(22,20-13-6-2-7-14-20)21-15-8-3-9-16-21;/h1-9,11-16H,10,17-18H2;. The second kappa shape index (κ2) is 6.22. The quantitative estimate of drug-likeness (QED) is 0.536. The van der Waals surface area contributed by atoms with Gasteiger partial charge in [0, 0.05) is 0 Å². The van der Waals surface area contributed by atoms with Crippen molar-refractivity contribution in [2.45, 2.75) is 29.1 Å². The average Bonchev–Trinajstić information content (AvgIpc) is 3.03. The molecule has 0 aliphatic heterocycles. The van der Waals surface area contributed by atoms with Gasteiger partial charge in [-0.15, -0.1) is 0 Å². The summed E-state index contributed by atoms with van der Waals surface area (Å²) in [5, 5.41) is 0. The summed E-state index contributed by atoms with van der Waals surface area (Å²) >= 11 is 6.03. The van der Waals surface area contributed by atoms with E-state index in [1.807, 2.05) is 0 Å². The molecule has 0 nitrogen and oxygen atoms in total. The zero-order valence-corrected chi connectivity index (χ0v) is 14.6. The van der Waals surface area contributed by atoms with E-state index in [0.717, 1.165) is 12.8 Å². The van der Waals surface area contributed by atoms with Crippen molar-refractivity contribution in [1.29, 1.82) is 0 Å². The van der Waals surface area contributed by atoms with E-state index in [2.05, 4.69) is 91.0 Å². The average molecular weight is 356 g/mol. The first-order chi connectivity index (χ1) is 11.8. The van der Waals surface area contributed by atoms with Gasteiger partial charge in [0.15, 0.2) is 0 Å². The number of hydrogen-bond donors (Lipinski definition) is 0. The van der Waals surface area contributed by atoms with Crippen molar-refractivity contribution in [3.8, 4) is 0 Å². The van der Waals surface area contributed by atoms with Gasteiger partial charge in [0.25, 0.3) is 0 Å². The summed E-state index contributed by atoms with van der Waals surface area (Å²) in [5.74, 6) is 0. The Kier molecular flexibility index (Phi) is 4.06. The molecule has 1 fully saturated rings. The Morgan fingerprint density at radius 3 is 1.42 bits per heavy atom. The molecule has 4 rings (SSSR count). The van der Waals surface area contributed by atoms with Crippen LogP contribution in [0.25, 0.3) is 0 Å². The number of hydrogen-bond acceptors (Lipinski definition) is 0. The third kappa shape index (κ3) is 2.26. The maximum atomic E-state index is 6.03. The SMILES string of the molecule is [Ni][C]1(c2ccccc2)CCCC1(c1ccccc1)c1ccccc1. The van der Waals surface area contributed by atoms with Crippen molar-refractivity contribution < 1.29 is 15.5 Å². The number of benzene rings is 3. The van der Waals surface area contributed by atoms with Crippen molar-refractivity contribution in [2.24, 2.45) is 0 Å². The molecule has 1 aliphatic rings. The van der Waals surface area contributed by atoms with Crippen molar-refractivity contribution >= 4 is 0 Å². The Labute approximate surface area is 152 Å². The molecule has 1 unspecified atom stereocenters. The molecular formula is C23H21Ni. The molecule has 1 saturated carbocycles. The van der Waals surface area contributed by atoms with E-state index in [1.165, 1.54) is 23.1 Å². The monoisotopic (exact) mass is 355 g/mol. The van der Waals surface area contributed by atoms with Crippen molar-refractivity contribution in [3.63, 3.8) is 0 Å². The van der Waals surface area contributed by atoms with Crippen molar-refractivity contribution in [2.75, 3.05) is 0 Å². The molecule has 0 amide bonds. The van der Waals surface area contributed by atoms with Crippen LogP contribution in [0.3, 0.4) is 0 Å². The van der Waals surface area contributed by atoms with E-state index in [4.69, 9.17) is 15.5 Å². The van der Waals surface area contributed by atoms with Gasteiger partial charge in [0.1, 0.15) is 0 Å². The zero-order valence-electron chi connectivity index (χ0n) is 13.6. The molecule has 3 aromatic carbocycles. The molecule has 0 radical (unpaired) electrons. The Hall–Kier alpha value is -1.85. The molecular weight excluding hydrogens is 335 g/mol. The molecule has 24 heavy (non-hydrogen) atoms. The van der Waals surface area contributed by atoms with E-state index < -0.39 is 0 Å². The zero-order chi connectivity index (χ0) is 16.5. The van der Waals surface area contributed by atoms with Crippen molar-refractivity contribution in [1.82, 2.24) is 0 Å². The van der Waals surface area contributed by atoms with Crippen LogP contribution in [0.4, 0.5) is 0 Å². The van der Waals surface area contributed by atoms with Crippen LogP contribution < -0.4 is 0 Å². The third-order valence-electron chi connectivity index (χ3n) is 5.45. The summed E-state index contributed by atoms with van der Waals surface area (Å²) < 4.78 is -0.267. The van der Waals surface area contributed by atoms with E-state index >= 15 is 0 Å². The molecule has 1 heteroatoms. The topological polar surface area (TPSA) is 0 Å². The van der Waals surface area contributed by atoms with E-state index in [1.54, 1.807) is 0 Å². The normalized spacial score (nSPS) is 22.4. The molecule has 1 atom stereocenters. The molecule has 0 N–H and O–H groups in total. The molecule has 123 valence electrons. The Bertz CT molecular complexity index is 756. The number of rotatable bonds is 3. The van der Waals surface area contributed by atoms with Gasteiger partial charge in [-0.25, -0.2) is 0 Å². The van der Waals surface area contributed by atoms with E-state index in [9.17, 15) is 0 Å². The van der Waals surface area contributed by atoms with Crippen LogP contribution in [-0.4, -0.2) is 0 Å². The van der Waals surface area contributed by atoms with E-state index in [0.29, 0.717) is 0 Å². The molecule has 0 spiro atoms. The fraction of sp³-hybridized carbons (Fsp3) is 0.217. The van der Waals surface area contributed by atoms with Gasteiger partial charge >= 0.3 is 152 Å². The van der Waals surface area contributed by atoms with Crippen LogP contribution in [0.2, 0.25) is 0 Å². The van der Waals surface area contributed by atoms with Crippen molar-refractivity contribution in [3.05, 3.63) is 108 Å². The van der Waals surface area contributed by atoms with Gasteiger partial charge < -0.3 is 0 Å². The Balaban J connectivity index is 2.00. The first kappa shape index (κ1) is 15.7. The fourth-order valence-corrected chi connectivity index (χ4v) is 5.16. The van der Waals surface area contributed by atoms with Crippen LogP contribution >= 0.6 is 0 Å². The van der Waals surface area contributed by atoms with Crippen LogP contribution in [-0.2, 0) is 25.3 Å². The van der Waals surface area contributed by atoms with Gasteiger partial charge in [0.05, 0.1) is 0 Å². The summed E-state index contributed by atoms with van der Waals surface area (Å²) in [5.41, 5.74) is 3.86. The Morgan fingerprint density at radius 2 is 0.958 bits per heavy atom. The minimum atomic E-state index is -0.267. The summed E-state index contributed by atoms with van der Waals surface area (Å²) in [6.45, 7) is 0. The second-order valence-corrected chi connectivity index (χ2v) is 7.45. The second-order valence-electron chi connectivity index (χ2n) is 6.61. The molecule has 0 bridgehead atoms. The minimum absolute atomic E-state index is 0.128. The van der Waals surface area contributed by atoms with E-state index in [-0.39, 0.29) is 9.80 Å². The van der Waals surface area contributed by atoms with Gasteiger partial charge in [-0.2, -0.15) is 0 Å². The molecule has 0 heterocycles. The summed E-state index contributed by atoms with van der Waals surface area (Å²) in [6, 6.07) is 32.5. The van der Waals surface area contributed by atoms with Crippen LogP contribution in [0.5, 0.6) is 0 Å². The molecule has 0 aromatic heterocycles. The van der Waals surface area contributed by atoms with Gasteiger partial charge in [0.2, 0.25) is 0 Å². The summed E-state index contributed by atoms with van der Waals surface area (Å²) in [4.78, 5) is 0. The Morgan fingerprint density at radius 1 is 0.542 bits per heavy atom. The molecule has 3 aromatic rings. The third-order valence-corrected chi connectivity index (χ3v) is 6.41. The molecule has 0 saturated heterocycles. The molecule has 1 aliphatic carbocycles. The summed E-state index contributed by atoms with van der Waals surface area (Å²) in [6.07, 6.45) is 3.33. The summed E-state index contributed by atoms with van der Waals surface area (Å²) in [7, 11) is 0. The first-order valence-electron chi connectivity index (χ1n) is 8.60. The van der Waals surface area contributed by atoms with Crippen LogP contribution in [0.1, 0.15) is 36.0 Å². The van der Waals surface area contributed by atoms with Crippen LogP contribution in [0.15, 0.2) is 91.0 Å². The first-order valence-corrected chi connectivity index (χ1v) is 9.09. The maximum absolute atomic E-state index is 6.03. The predicted octanol–water partition coefficient (Wildman–Crippen LogP) is 5.60. The van der Waals surface area contributed by atoms with Crippen LogP contribution in [0, 0.1) is 0 Å². The van der Waals surface area contributed by atoms with Gasteiger partial charge in [-0.1, -0.05) is 0 Å².